The number of hydrogen-bond donors (Lipinski definition) is 1. The Morgan fingerprint density at radius 1 is 1.09 bits per heavy atom. The first-order valence-corrected chi connectivity index (χ1v) is 11.4. The van der Waals surface area contributed by atoms with Crippen molar-refractivity contribution in [3.05, 3.63) is 68.5 Å². The molecule has 8 heteroatoms. The second-order valence-electron chi connectivity index (χ2n) is 8.57. The molecule has 2 heterocycles. The van der Waals surface area contributed by atoms with E-state index in [-0.39, 0.29) is 75.8 Å². The van der Waals surface area contributed by atoms with E-state index in [1.165, 1.54) is 6.42 Å². The molecule has 6 nitrogen and oxygen atoms in total. The molecule has 0 amide bonds. The molecule has 0 bridgehead atoms. The molecular formula is C25H24ClKNO5. The van der Waals surface area contributed by atoms with Gasteiger partial charge in [-0.25, -0.2) is 4.79 Å². The molecule has 0 atom stereocenters. The van der Waals surface area contributed by atoms with Crippen molar-refractivity contribution in [2.24, 2.45) is 5.92 Å². The topological polar surface area (TPSA) is 77.8 Å². The number of ether oxygens (including phenoxy) is 2. The van der Waals surface area contributed by atoms with Crippen molar-refractivity contribution in [1.82, 2.24) is 4.57 Å². The van der Waals surface area contributed by atoms with E-state index in [0.717, 1.165) is 25.7 Å². The van der Waals surface area contributed by atoms with E-state index in [1.54, 1.807) is 28.8 Å². The number of nitrogens with zero attached hydrogens (tertiary/aromatic N) is 1. The predicted octanol–water partition coefficient (Wildman–Crippen LogP) is 4.87. The number of fused-ring (bicyclic) bond motifs is 2. The van der Waals surface area contributed by atoms with Crippen LogP contribution in [0.1, 0.15) is 53.7 Å². The van der Waals surface area contributed by atoms with Crippen LogP contribution in [-0.4, -0.2) is 73.8 Å². The average molecular weight is 493 g/mol. The number of carbonyl (C=O) groups is 1. The number of rotatable bonds is 5. The van der Waals surface area contributed by atoms with Crippen LogP contribution >= 0.6 is 11.6 Å². The van der Waals surface area contributed by atoms with Crippen LogP contribution in [0.3, 0.4) is 0 Å². The third-order valence-corrected chi connectivity index (χ3v) is 6.91. The Kier molecular flexibility index (Phi) is 7.88. The van der Waals surface area contributed by atoms with Gasteiger partial charge in [-0.05, 0) is 36.1 Å². The van der Waals surface area contributed by atoms with Crippen molar-refractivity contribution in [3.8, 4) is 11.5 Å². The van der Waals surface area contributed by atoms with Crippen LogP contribution in [-0.2, 0) is 13.0 Å². The molecule has 1 saturated carbocycles. The monoisotopic (exact) mass is 492 g/mol. The summed E-state index contributed by atoms with van der Waals surface area (Å²) in [6.45, 7) is 0.331. The summed E-state index contributed by atoms with van der Waals surface area (Å²) in [4.78, 5) is 25.9. The number of aromatic carboxylic acids is 1. The molecule has 1 radical (unpaired) electrons. The van der Waals surface area contributed by atoms with Gasteiger partial charge in [0.25, 0.3) is 0 Å². The summed E-state index contributed by atoms with van der Waals surface area (Å²) in [5, 5.41) is 11.2. The Hall–Kier alpha value is -1.35. The molecule has 1 fully saturated rings. The number of halogens is 1. The molecule has 3 aromatic rings. The van der Waals surface area contributed by atoms with E-state index >= 15 is 0 Å². The van der Waals surface area contributed by atoms with Gasteiger partial charge in [0.15, 0.2) is 16.9 Å². The van der Waals surface area contributed by atoms with E-state index < -0.39 is 5.97 Å². The normalized spacial score (nSPS) is 15.4. The van der Waals surface area contributed by atoms with Gasteiger partial charge in [0.2, 0.25) is 6.79 Å². The molecule has 0 unspecified atom stereocenters. The van der Waals surface area contributed by atoms with Crippen LogP contribution in [0.5, 0.6) is 11.5 Å². The number of para-hydroxylation sites is 1. The summed E-state index contributed by atoms with van der Waals surface area (Å²) in [6, 6.07) is 10.6. The second kappa shape index (κ2) is 10.5. The zero-order valence-corrected chi connectivity index (χ0v) is 22.5. The van der Waals surface area contributed by atoms with Crippen LogP contribution in [0.25, 0.3) is 10.9 Å². The quantitative estimate of drug-likeness (QED) is 0.514. The van der Waals surface area contributed by atoms with Gasteiger partial charge < -0.3 is 19.1 Å². The Balaban J connectivity index is 0.00000259. The molecule has 5 rings (SSSR count). The minimum Gasteiger partial charge on any atom is -0.477 e. The summed E-state index contributed by atoms with van der Waals surface area (Å²) in [6.07, 6.45) is 5.99. The summed E-state index contributed by atoms with van der Waals surface area (Å²) in [7, 11) is 0. The van der Waals surface area contributed by atoms with Gasteiger partial charge in [-0.2, -0.15) is 0 Å². The van der Waals surface area contributed by atoms with E-state index in [2.05, 4.69) is 0 Å². The number of aromatic nitrogens is 1. The molecule has 2 aliphatic rings. The molecule has 1 aliphatic heterocycles. The average Bonchev–Trinajstić information content (AvgIpc) is 3.24. The molecule has 0 spiro atoms. The molecular weight excluding hydrogens is 469 g/mol. The Labute approximate surface area is 239 Å². The summed E-state index contributed by atoms with van der Waals surface area (Å²) < 4.78 is 12.6. The second-order valence-corrected chi connectivity index (χ2v) is 8.98. The van der Waals surface area contributed by atoms with Crippen LogP contribution < -0.4 is 14.9 Å². The van der Waals surface area contributed by atoms with Crippen LogP contribution in [0.15, 0.2) is 41.2 Å². The zero-order valence-electron chi connectivity index (χ0n) is 18.6. The molecule has 1 N–H and O–H groups in total. The maximum Gasteiger partial charge on any atom is 0.352 e. The Morgan fingerprint density at radius 2 is 1.79 bits per heavy atom. The van der Waals surface area contributed by atoms with Gasteiger partial charge >= 0.3 is 5.97 Å². The van der Waals surface area contributed by atoms with Crippen molar-refractivity contribution in [2.45, 2.75) is 45.1 Å². The Morgan fingerprint density at radius 3 is 2.52 bits per heavy atom. The van der Waals surface area contributed by atoms with Gasteiger partial charge in [0, 0.05) is 73.4 Å². The number of pyridine rings is 1. The largest absolute Gasteiger partial charge is 0.477 e. The fourth-order valence-electron chi connectivity index (χ4n) is 4.98. The molecule has 0 saturated heterocycles. The predicted molar refractivity (Wildman–Crippen MR) is 128 cm³/mol. The standard InChI is InChI=1S/C25H24ClNO5.K/c26-19-12-22-21(31-14-32-22)11-16(19)13-27-20-9-5-4-8-17(20)24(28)18(23(27)25(29)30)10-15-6-2-1-3-7-15;/h4-5,8-9,11-12,15H,1-3,6-7,10,13-14H2,(H,29,30);. The molecule has 1 aromatic heterocycles. The number of carboxylic acids is 1. The van der Waals surface area contributed by atoms with Gasteiger partial charge in [0.1, 0.15) is 5.69 Å². The van der Waals surface area contributed by atoms with Gasteiger partial charge in [-0.1, -0.05) is 55.8 Å². The van der Waals surface area contributed by atoms with E-state index in [0.29, 0.717) is 50.9 Å². The van der Waals surface area contributed by atoms with Crippen LogP contribution in [0.4, 0.5) is 0 Å². The maximum absolute atomic E-state index is 13.4. The summed E-state index contributed by atoms with van der Waals surface area (Å²) >= 11 is 6.51. The summed E-state index contributed by atoms with van der Waals surface area (Å²) in [5.41, 5.74) is 1.54. The number of benzene rings is 2. The van der Waals surface area contributed by atoms with Crippen molar-refractivity contribution in [1.29, 1.82) is 0 Å². The summed E-state index contributed by atoms with van der Waals surface area (Å²) in [5.74, 6) is 0.378. The van der Waals surface area contributed by atoms with Gasteiger partial charge in [0.05, 0.1) is 12.1 Å². The van der Waals surface area contributed by atoms with Crippen LogP contribution in [0.2, 0.25) is 5.02 Å². The fourth-order valence-corrected chi connectivity index (χ4v) is 5.20. The van der Waals surface area contributed by atoms with Crippen LogP contribution in [0, 0.1) is 5.92 Å². The van der Waals surface area contributed by atoms with Crippen molar-refractivity contribution in [2.75, 3.05) is 6.79 Å². The first-order chi connectivity index (χ1) is 15.5. The molecule has 167 valence electrons. The first kappa shape index (κ1) is 24.8. The third kappa shape index (κ3) is 4.90. The SMILES string of the molecule is O=C(O)c1c(CC2CCCCC2)c(=O)c2ccccc2n1Cc1cc2c(cc1Cl)OCO2.[K]. The van der Waals surface area contributed by atoms with Crippen molar-refractivity contribution < 1.29 is 19.4 Å². The van der Waals surface area contributed by atoms with Gasteiger partial charge in [-0.15, -0.1) is 0 Å². The van der Waals surface area contributed by atoms with Crippen molar-refractivity contribution in [3.63, 3.8) is 0 Å². The minimum absolute atomic E-state index is 0. The zero-order chi connectivity index (χ0) is 22.2. The first-order valence-electron chi connectivity index (χ1n) is 11.0. The number of hydrogen-bond acceptors (Lipinski definition) is 4. The fraction of sp³-hybridized carbons (Fsp3) is 0.360. The maximum atomic E-state index is 13.4. The smallest absolute Gasteiger partial charge is 0.352 e. The molecule has 33 heavy (non-hydrogen) atoms. The van der Waals surface area contributed by atoms with E-state index in [9.17, 15) is 14.7 Å². The van der Waals surface area contributed by atoms with E-state index in [4.69, 9.17) is 21.1 Å². The molecule has 1 aliphatic carbocycles. The number of carboxylic acid groups (broad SMARTS) is 1. The minimum atomic E-state index is -1.10. The van der Waals surface area contributed by atoms with E-state index in [1.807, 2.05) is 12.1 Å². The van der Waals surface area contributed by atoms with Crippen molar-refractivity contribution >= 4 is 79.9 Å². The van der Waals surface area contributed by atoms with Gasteiger partial charge in [-0.3, -0.25) is 4.79 Å². The molecule has 2 aromatic carbocycles. The third-order valence-electron chi connectivity index (χ3n) is 6.56. The Bertz CT molecular complexity index is 1270.